The van der Waals surface area contributed by atoms with E-state index in [9.17, 15) is 4.79 Å². The Kier molecular flexibility index (Phi) is 3.13. The number of pyridine rings is 1. The molecule has 1 heterocycles. The number of hydrogen-bond acceptors (Lipinski definition) is 2. The van der Waals surface area contributed by atoms with E-state index < -0.39 is 0 Å². The zero-order chi connectivity index (χ0) is 14.5. The molecule has 3 nitrogen and oxygen atoms in total. The third-order valence-corrected chi connectivity index (χ3v) is 5.41. The molecular weight excluding hydrogens is 248 g/mol. The number of hydrogen-bond donors (Lipinski definition) is 1. The largest absolute Gasteiger partial charge is 0.326 e. The summed E-state index contributed by atoms with van der Waals surface area (Å²) in [7, 11) is 4.32. The summed E-state index contributed by atoms with van der Waals surface area (Å²) in [5, 5.41) is 0. The van der Waals surface area contributed by atoms with E-state index in [1.807, 2.05) is 6.07 Å². The Bertz CT molecular complexity index is 589. The first kappa shape index (κ1) is 13.6. The monoisotopic (exact) mass is 272 g/mol. The fourth-order valence-corrected chi connectivity index (χ4v) is 4.76. The molecule has 20 heavy (non-hydrogen) atoms. The van der Waals surface area contributed by atoms with E-state index in [1.165, 1.54) is 12.0 Å². The van der Waals surface area contributed by atoms with Crippen molar-refractivity contribution < 1.29 is 0 Å². The van der Waals surface area contributed by atoms with Crippen LogP contribution in [0, 0.1) is 17.8 Å². The van der Waals surface area contributed by atoms with Gasteiger partial charge in [-0.15, -0.1) is 6.58 Å². The number of rotatable bonds is 2. The van der Waals surface area contributed by atoms with Gasteiger partial charge in [-0.2, -0.15) is 0 Å². The second-order valence-corrected chi connectivity index (χ2v) is 6.80. The fourth-order valence-electron chi connectivity index (χ4n) is 4.76. The lowest BCUT2D eigenvalue weighted by Crippen LogP contribution is -2.57. The second kappa shape index (κ2) is 4.59. The zero-order valence-corrected chi connectivity index (χ0v) is 12.6. The smallest absolute Gasteiger partial charge is 0.248 e. The highest BCUT2D eigenvalue weighted by Gasteiger charge is 2.52. The molecule has 1 aromatic rings. The standard InChI is InChI=1S/C17H24N2O/c1-5-13-12-8-11(2)10-17(13,19(3)4)14-6-7-16(20)18-15(14)9-12/h5-7,11-13H,1,8-10H2,2-4H3,(H,18,20)/t11-,12+,13-,17-/m1/s1. The molecule has 1 saturated carbocycles. The molecule has 1 N–H and O–H groups in total. The molecule has 108 valence electrons. The van der Waals surface area contributed by atoms with Crippen molar-refractivity contribution in [2.24, 2.45) is 17.8 Å². The molecule has 2 aliphatic carbocycles. The van der Waals surface area contributed by atoms with Gasteiger partial charge >= 0.3 is 0 Å². The van der Waals surface area contributed by atoms with E-state index in [-0.39, 0.29) is 11.1 Å². The summed E-state index contributed by atoms with van der Waals surface area (Å²) >= 11 is 0. The van der Waals surface area contributed by atoms with Crippen molar-refractivity contribution >= 4 is 0 Å². The summed E-state index contributed by atoms with van der Waals surface area (Å²) in [6, 6.07) is 3.71. The Morgan fingerprint density at radius 3 is 2.85 bits per heavy atom. The van der Waals surface area contributed by atoms with Crippen LogP contribution in [0.1, 0.15) is 31.0 Å². The van der Waals surface area contributed by atoms with Crippen LogP contribution in [0.5, 0.6) is 0 Å². The summed E-state index contributed by atoms with van der Waals surface area (Å²) in [5.41, 5.74) is 2.44. The van der Waals surface area contributed by atoms with Crippen LogP contribution in [-0.2, 0) is 12.0 Å². The maximum absolute atomic E-state index is 11.7. The maximum Gasteiger partial charge on any atom is 0.248 e. The lowest BCUT2D eigenvalue weighted by Gasteiger charge is -2.56. The topological polar surface area (TPSA) is 36.1 Å². The average molecular weight is 272 g/mol. The van der Waals surface area contributed by atoms with Crippen molar-refractivity contribution in [3.8, 4) is 0 Å². The molecule has 0 aliphatic heterocycles. The molecule has 0 unspecified atom stereocenters. The van der Waals surface area contributed by atoms with Gasteiger partial charge in [-0.1, -0.05) is 13.0 Å². The van der Waals surface area contributed by atoms with Crippen LogP contribution in [0.15, 0.2) is 29.6 Å². The van der Waals surface area contributed by atoms with Crippen LogP contribution >= 0.6 is 0 Å². The number of nitrogens with zero attached hydrogens (tertiary/aromatic N) is 1. The number of nitrogens with one attached hydrogen (secondary N) is 1. The van der Waals surface area contributed by atoms with Crippen molar-refractivity contribution in [3.05, 3.63) is 46.4 Å². The molecule has 0 aromatic carbocycles. The molecule has 4 atom stereocenters. The summed E-state index contributed by atoms with van der Waals surface area (Å²) in [4.78, 5) is 17.1. The van der Waals surface area contributed by atoms with Crippen molar-refractivity contribution in [1.82, 2.24) is 9.88 Å². The molecule has 1 aromatic heterocycles. The van der Waals surface area contributed by atoms with Crippen LogP contribution in [0.3, 0.4) is 0 Å². The van der Waals surface area contributed by atoms with Gasteiger partial charge in [0.2, 0.25) is 5.56 Å². The third kappa shape index (κ3) is 1.72. The summed E-state index contributed by atoms with van der Waals surface area (Å²) in [5.74, 6) is 1.76. The lowest BCUT2D eigenvalue weighted by molar-refractivity contribution is -0.0137. The first-order chi connectivity index (χ1) is 9.49. The van der Waals surface area contributed by atoms with E-state index in [4.69, 9.17) is 0 Å². The molecule has 0 amide bonds. The van der Waals surface area contributed by atoms with Crippen molar-refractivity contribution in [2.75, 3.05) is 14.1 Å². The quantitative estimate of drug-likeness (QED) is 0.840. The van der Waals surface area contributed by atoms with Gasteiger partial charge in [0.25, 0.3) is 0 Å². The molecule has 0 saturated heterocycles. The van der Waals surface area contributed by atoms with E-state index >= 15 is 0 Å². The maximum atomic E-state index is 11.7. The van der Waals surface area contributed by atoms with Crippen LogP contribution in [-0.4, -0.2) is 24.0 Å². The number of fused-ring (bicyclic) bond motifs is 4. The van der Waals surface area contributed by atoms with Crippen molar-refractivity contribution in [1.29, 1.82) is 0 Å². The van der Waals surface area contributed by atoms with Gasteiger partial charge in [-0.3, -0.25) is 9.69 Å². The highest BCUT2D eigenvalue weighted by molar-refractivity contribution is 5.36. The van der Waals surface area contributed by atoms with Crippen LogP contribution in [0.25, 0.3) is 0 Å². The minimum Gasteiger partial charge on any atom is -0.326 e. The average Bonchev–Trinajstić information content (AvgIpc) is 2.36. The van der Waals surface area contributed by atoms with Crippen LogP contribution in [0.2, 0.25) is 0 Å². The molecule has 3 heteroatoms. The molecule has 1 fully saturated rings. The first-order valence-electron chi connectivity index (χ1n) is 7.51. The molecule has 0 spiro atoms. The summed E-state index contributed by atoms with van der Waals surface area (Å²) in [6.45, 7) is 6.46. The van der Waals surface area contributed by atoms with Gasteiger partial charge in [0.15, 0.2) is 0 Å². The molecule has 0 radical (unpaired) electrons. The number of H-pyrrole nitrogens is 1. The van der Waals surface area contributed by atoms with Gasteiger partial charge in [0.05, 0.1) is 5.54 Å². The van der Waals surface area contributed by atoms with Gasteiger partial charge in [-0.25, -0.2) is 0 Å². The van der Waals surface area contributed by atoms with Crippen molar-refractivity contribution in [2.45, 2.75) is 31.7 Å². The normalized spacial score (nSPS) is 35.7. The number of aromatic nitrogens is 1. The Hall–Kier alpha value is -1.35. The van der Waals surface area contributed by atoms with Crippen molar-refractivity contribution in [3.63, 3.8) is 0 Å². The molecule has 2 aliphatic rings. The van der Waals surface area contributed by atoms with Crippen LogP contribution in [0.4, 0.5) is 0 Å². The summed E-state index contributed by atoms with van der Waals surface area (Å²) in [6.07, 6.45) is 5.47. The molecular formula is C17H24N2O. The first-order valence-corrected chi connectivity index (χ1v) is 7.51. The predicted molar refractivity (Wildman–Crippen MR) is 81.7 cm³/mol. The minimum absolute atomic E-state index is 0.0120. The Balaban J connectivity index is 2.26. The lowest BCUT2D eigenvalue weighted by atomic mass is 9.55. The number of aromatic amines is 1. The predicted octanol–water partition coefficient (Wildman–Crippen LogP) is 2.54. The molecule has 2 bridgehead atoms. The SMILES string of the molecule is C=C[C@@H]1[C@@H]2Cc3[nH]c(=O)ccc3[C@@]1(N(C)C)C[C@H](C)C2. The van der Waals surface area contributed by atoms with E-state index in [2.05, 4.69) is 43.6 Å². The van der Waals surface area contributed by atoms with E-state index in [0.29, 0.717) is 17.8 Å². The fraction of sp³-hybridized carbons (Fsp3) is 0.588. The van der Waals surface area contributed by atoms with Gasteiger partial charge in [-0.05, 0) is 56.8 Å². The Morgan fingerprint density at radius 1 is 1.45 bits per heavy atom. The third-order valence-electron chi connectivity index (χ3n) is 5.41. The Labute approximate surface area is 120 Å². The highest BCUT2D eigenvalue weighted by Crippen LogP contribution is 2.54. The van der Waals surface area contributed by atoms with Gasteiger partial charge in [0, 0.05) is 17.7 Å². The van der Waals surface area contributed by atoms with E-state index in [1.54, 1.807) is 6.07 Å². The summed E-state index contributed by atoms with van der Waals surface area (Å²) < 4.78 is 0. The second-order valence-electron chi connectivity index (χ2n) is 6.80. The highest BCUT2D eigenvalue weighted by atomic mass is 16.1. The van der Waals surface area contributed by atoms with Gasteiger partial charge in [0.1, 0.15) is 0 Å². The van der Waals surface area contributed by atoms with Gasteiger partial charge < -0.3 is 4.98 Å². The minimum atomic E-state index is -0.0120. The molecule has 3 rings (SSSR count). The van der Waals surface area contributed by atoms with Crippen LogP contribution < -0.4 is 5.56 Å². The van der Waals surface area contributed by atoms with E-state index in [0.717, 1.165) is 18.5 Å². The zero-order valence-electron chi connectivity index (χ0n) is 12.6. The Morgan fingerprint density at radius 2 is 2.20 bits per heavy atom.